The van der Waals surface area contributed by atoms with Gasteiger partial charge in [0.2, 0.25) is 11.8 Å². The number of nitrogens with zero attached hydrogens (tertiary/aromatic N) is 1. The average molecular weight is 514 g/mol. The molecule has 188 valence electrons. The van der Waals surface area contributed by atoms with Crippen LogP contribution in [0.25, 0.3) is 0 Å². The van der Waals surface area contributed by atoms with Crippen LogP contribution in [-0.2, 0) is 14.8 Å². The summed E-state index contributed by atoms with van der Waals surface area (Å²) in [6.45, 7) is 5.51. The van der Waals surface area contributed by atoms with Gasteiger partial charge in [-0.2, -0.15) is 0 Å². The number of carbonyl (C=O) groups is 1. The molecular weight excluding hydrogens is 486 g/mol. The van der Waals surface area contributed by atoms with Gasteiger partial charge in [-0.25, -0.2) is 13.1 Å². The summed E-state index contributed by atoms with van der Waals surface area (Å²) in [5.74, 6) is 0.126. The van der Waals surface area contributed by atoms with Crippen molar-refractivity contribution in [2.24, 2.45) is 5.41 Å². The van der Waals surface area contributed by atoms with Crippen molar-refractivity contribution in [3.63, 3.8) is 0 Å². The molecule has 0 radical (unpaired) electrons. The molecule has 3 aliphatic carbocycles. The zero-order chi connectivity index (χ0) is 25.9. The molecule has 0 saturated carbocycles. The Hall–Kier alpha value is -3.91. The van der Waals surface area contributed by atoms with Crippen LogP contribution in [0.1, 0.15) is 58.7 Å². The number of aromatic nitrogens is 1. The van der Waals surface area contributed by atoms with Gasteiger partial charge in [0.1, 0.15) is 0 Å². The van der Waals surface area contributed by atoms with E-state index < -0.39 is 15.4 Å². The molecule has 0 spiro atoms. The van der Waals surface area contributed by atoms with Crippen LogP contribution >= 0.6 is 0 Å². The topological polar surface area (TPSA) is 101 Å². The highest BCUT2D eigenvalue weighted by molar-refractivity contribution is 7.92. The van der Waals surface area contributed by atoms with E-state index >= 15 is 0 Å². The van der Waals surface area contributed by atoms with Gasteiger partial charge >= 0.3 is 0 Å². The van der Waals surface area contributed by atoms with Gasteiger partial charge in [0, 0.05) is 23.1 Å². The van der Waals surface area contributed by atoms with E-state index in [9.17, 15) is 13.2 Å². The van der Waals surface area contributed by atoms with Crippen molar-refractivity contribution in [1.82, 2.24) is 5.16 Å². The number of benzene rings is 3. The molecule has 2 bridgehead atoms. The minimum Gasteiger partial charge on any atom is -0.337 e. The molecule has 7 rings (SSSR count). The largest absolute Gasteiger partial charge is 0.337 e. The minimum absolute atomic E-state index is 0.0534. The third-order valence-electron chi connectivity index (χ3n) is 7.96. The number of carbonyl (C=O) groups excluding carboxylic acids is 1. The van der Waals surface area contributed by atoms with Crippen molar-refractivity contribution < 1.29 is 17.7 Å². The quantitative estimate of drug-likeness (QED) is 0.356. The molecule has 2 N–H and O–H groups in total. The molecule has 37 heavy (non-hydrogen) atoms. The third-order valence-corrected chi connectivity index (χ3v) is 9.30. The number of anilines is 2. The lowest BCUT2D eigenvalue weighted by atomic mass is 9.52. The van der Waals surface area contributed by atoms with Crippen LogP contribution in [0.15, 0.2) is 82.2 Å². The smallest absolute Gasteiger partial charge is 0.264 e. The molecule has 3 aromatic carbocycles. The van der Waals surface area contributed by atoms with E-state index in [-0.39, 0.29) is 28.5 Å². The highest BCUT2D eigenvalue weighted by atomic mass is 32.2. The van der Waals surface area contributed by atoms with E-state index in [0.29, 0.717) is 23.4 Å². The predicted molar refractivity (Wildman–Crippen MR) is 141 cm³/mol. The summed E-state index contributed by atoms with van der Waals surface area (Å²) in [5.41, 5.74) is 6.16. The Balaban J connectivity index is 1.26. The van der Waals surface area contributed by atoms with E-state index in [4.69, 9.17) is 4.52 Å². The molecule has 1 unspecified atom stereocenters. The lowest BCUT2D eigenvalue weighted by Crippen LogP contribution is -2.47. The Morgan fingerprint density at radius 3 is 2.03 bits per heavy atom. The first-order valence-electron chi connectivity index (χ1n) is 12.2. The molecule has 0 fully saturated rings. The third kappa shape index (κ3) is 3.66. The van der Waals surface area contributed by atoms with Crippen LogP contribution in [0.5, 0.6) is 0 Å². The molecule has 3 aliphatic rings. The van der Waals surface area contributed by atoms with Crippen LogP contribution in [0, 0.1) is 19.3 Å². The van der Waals surface area contributed by atoms with Gasteiger partial charge < -0.3 is 9.84 Å². The molecule has 1 amide bonds. The minimum atomic E-state index is -3.87. The standard InChI is InChI=1S/C29H27N3O4S/c1-17-18(2)31-36-27(17)32-37(34,35)20-14-12-19(13-15-20)30-28(33)29(3)16-25-21-8-4-6-10-23(21)26(29)24-11-7-5-9-22(24)25/h4-15,25-26,32H,16H2,1-3H3,(H,30,33). The van der Waals surface area contributed by atoms with E-state index in [2.05, 4.69) is 51.6 Å². The van der Waals surface area contributed by atoms with Crippen molar-refractivity contribution in [2.75, 3.05) is 10.0 Å². The fourth-order valence-corrected chi connectivity index (χ4v) is 6.92. The number of nitrogens with one attached hydrogen (secondary N) is 2. The highest BCUT2D eigenvalue weighted by Crippen LogP contribution is 2.61. The second-order valence-electron chi connectivity index (χ2n) is 10.2. The second kappa shape index (κ2) is 8.31. The Bertz CT molecular complexity index is 1590. The predicted octanol–water partition coefficient (Wildman–Crippen LogP) is 5.72. The Morgan fingerprint density at radius 1 is 0.919 bits per heavy atom. The van der Waals surface area contributed by atoms with Gasteiger partial charge in [-0.1, -0.05) is 53.7 Å². The summed E-state index contributed by atoms with van der Waals surface area (Å²) in [6.07, 6.45) is 0.712. The second-order valence-corrected chi connectivity index (χ2v) is 11.9. The van der Waals surface area contributed by atoms with E-state index in [0.717, 1.165) is 0 Å². The number of sulfonamides is 1. The lowest BCUT2D eigenvalue weighted by molar-refractivity contribution is -0.126. The SMILES string of the molecule is Cc1noc(NS(=O)(=O)c2ccc(NC(=O)C3(C)CC4c5ccccc5C3c3ccccc34)cc2)c1C. The Kier molecular flexibility index (Phi) is 5.28. The molecule has 8 heteroatoms. The van der Waals surface area contributed by atoms with Crippen LogP contribution in [0.2, 0.25) is 0 Å². The molecule has 4 aromatic rings. The van der Waals surface area contributed by atoms with Crippen LogP contribution in [0.4, 0.5) is 11.6 Å². The van der Waals surface area contributed by atoms with Crippen molar-refractivity contribution >= 4 is 27.5 Å². The maximum absolute atomic E-state index is 13.8. The van der Waals surface area contributed by atoms with Gasteiger partial charge in [0.05, 0.1) is 16.0 Å². The fourth-order valence-electron chi connectivity index (χ4n) is 5.87. The first-order valence-corrected chi connectivity index (χ1v) is 13.7. The number of rotatable bonds is 5. The fraction of sp³-hybridized carbons (Fsp3) is 0.241. The molecule has 0 aliphatic heterocycles. The molecule has 1 aromatic heterocycles. The van der Waals surface area contributed by atoms with E-state index in [1.165, 1.54) is 34.4 Å². The summed E-state index contributed by atoms with van der Waals surface area (Å²) in [6, 6.07) is 23.0. The van der Waals surface area contributed by atoms with Gasteiger partial charge in [-0.05, 0) is 73.7 Å². The van der Waals surface area contributed by atoms with E-state index in [1.807, 2.05) is 19.1 Å². The summed E-state index contributed by atoms with van der Waals surface area (Å²) in [4.78, 5) is 13.9. The van der Waals surface area contributed by atoms with Gasteiger partial charge in [-0.3, -0.25) is 4.79 Å². The average Bonchev–Trinajstić information content (AvgIpc) is 3.20. The number of hydrogen-bond donors (Lipinski definition) is 2. The summed E-state index contributed by atoms with van der Waals surface area (Å²) in [7, 11) is -3.87. The lowest BCUT2D eigenvalue weighted by Gasteiger charge is -2.50. The molecule has 1 heterocycles. The number of amides is 1. The van der Waals surface area contributed by atoms with Crippen LogP contribution in [0.3, 0.4) is 0 Å². The molecule has 0 saturated heterocycles. The number of hydrogen-bond acceptors (Lipinski definition) is 5. The number of fused-ring (bicyclic) bond motifs is 1. The van der Waals surface area contributed by atoms with Crippen LogP contribution in [-0.4, -0.2) is 19.5 Å². The monoisotopic (exact) mass is 513 g/mol. The Morgan fingerprint density at radius 2 is 1.49 bits per heavy atom. The first-order chi connectivity index (χ1) is 17.7. The Labute approximate surface area is 215 Å². The van der Waals surface area contributed by atoms with Gasteiger partial charge in [-0.15, -0.1) is 0 Å². The van der Waals surface area contributed by atoms with Gasteiger partial charge in [0.15, 0.2) is 0 Å². The van der Waals surface area contributed by atoms with Crippen molar-refractivity contribution in [3.8, 4) is 0 Å². The highest BCUT2D eigenvalue weighted by Gasteiger charge is 2.53. The molecule has 1 atom stereocenters. The zero-order valence-corrected chi connectivity index (χ0v) is 21.6. The maximum Gasteiger partial charge on any atom is 0.264 e. The molecular formula is C29H27N3O4S. The number of aryl methyl sites for hydroxylation is 1. The summed E-state index contributed by atoms with van der Waals surface area (Å²) >= 11 is 0. The summed E-state index contributed by atoms with van der Waals surface area (Å²) < 4.78 is 33.2. The molecule has 7 nitrogen and oxygen atoms in total. The van der Waals surface area contributed by atoms with Crippen LogP contribution < -0.4 is 10.0 Å². The first kappa shape index (κ1) is 23.5. The summed E-state index contributed by atoms with van der Waals surface area (Å²) in [5, 5.41) is 6.84. The maximum atomic E-state index is 13.8. The van der Waals surface area contributed by atoms with E-state index in [1.54, 1.807) is 26.0 Å². The van der Waals surface area contributed by atoms with Gasteiger partial charge in [0.25, 0.3) is 10.0 Å². The van der Waals surface area contributed by atoms with Crippen molar-refractivity contribution in [1.29, 1.82) is 0 Å². The van der Waals surface area contributed by atoms with Crippen molar-refractivity contribution in [3.05, 3.63) is 106 Å². The van der Waals surface area contributed by atoms with Crippen molar-refractivity contribution in [2.45, 2.75) is 43.9 Å². The zero-order valence-electron chi connectivity index (χ0n) is 20.8. The normalized spacial score (nSPS) is 21.7.